The summed E-state index contributed by atoms with van der Waals surface area (Å²) in [5, 5.41) is 2.96. The Morgan fingerprint density at radius 2 is 2.17 bits per heavy atom. The third-order valence-electron chi connectivity index (χ3n) is 4.52. The van der Waals surface area contributed by atoms with Crippen LogP contribution in [0.25, 0.3) is 0 Å². The van der Waals surface area contributed by atoms with Crippen molar-refractivity contribution in [2.45, 2.75) is 26.2 Å². The molecule has 0 N–H and O–H groups in total. The molecule has 1 atom stereocenters. The quantitative estimate of drug-likeness (QED) is 0.802. The molecule has 24 heavy (non-hydrogen) atoms. The average molecular weight is 343 g/mol. The highest BCUT2D eigenvalue weighted by atomic mass is 32.1. The first kappa shape index (κ1) is 17.0. The maximum atomic E-state index is 12.6. The number of amides is 1. The van der Waals surface area contributed by atoms with Crippen molar-refractivity contribution in [2.75, 3.05) is 31.6 Å². The number of nitrogens with zero attached hydrogens (tertiary/aromatic N) is 3. The van der Waals surface area contributed by atoms with Gasteiger partial charge in [-0.3, -0.25) is 4.79 Å². The molecule has 4 nitrogen and oxygen atoms in total. The molecule has 1 aliphatic rings. The molecule has 1 aliphatic heterocycles. The Labute approximate surface area is 148 Å². The summed E-state index contributed by atoms with van der Waals surface area (Å²) >= 11 is 1.59. The lowest BCUT2D eigenvalue weighted by molar-refractivity contribution is 0.0771. The van der Waals surface area contributed by atoms with E-state index in [1.807, 2.05) is 23.4 Å². The average Bonchev–Trinajstić information content (AvgIpc) is 3.25. The third-order valence-corrected chi connectivity index (χ3v) is 5.43. The number of anilines is 1. The number of hydrogen-bond donors (Lipinski definition) is 0. The molecule has 1 amide bonds. The lowest BCUT2D eigenvalue weighted by Gasteiger charge is -2.22. The molecule has 128 valence electrons. The van der Waals surface area contributed by atoms with Crippen molar-refractivity contribution in [3.8, 4) is 0 Å². The normalized spacial score (nSPS) is 17.2. The van der Waals surface area contributed by atoms with Gasteiger partial charge in [0.2, 0.25) is 0 Å². The number of rotatable bonds is 6. The second-order valence-electron chi connectivity index (χ2n) is 6.50. The molecule has 2 heterocycles. The first-order valence-electron chi connectivity index (χ1n) is 8.67. The molecule has 0 bridgehead atoms. The topological polar surface area (TPSA) is 36.4 Å². The van der Waals surface area contributed by atoms with Gasteiger partial charge in [0.25, 0.3) is 5.91 Å². The van der Waals surface area contributed by atoms with Gasteiger partial charge >= 0.3 is 0 Å². The molecule has 0 saturated carbocycles. The number of carbonyl (C=O) groups is 1. The maximum absolute atomic E-state index is 12.6. The van der Waals surface area contributed by atoms with Crippen LogP contribution in [0.15, 0.2) is 35.7 Å². The first-order chi connectivity index (χ1) is 11.7. The highest BCUT2D eigenvalue weighted by Crippen LogP contribution is 2.24. The molecular weight excluding hydrogens is 318 g/mol. The van der Waals surface area contributed by atoms with Crippen molar-refractivity contribution >= 4 is 22.9 Å². The SMILES string of the molecule is CCCc1nc(C(=O)N(C)CC2CCN(c3ccccc3)C2)cs1. The lowest BCUT2D eigenvalue weighted by atomic mass is 10.1. The van der Waals surface area contributed by atoms with Crippen molar-refractivity contribution in [1.82, 2.24) is 9.88 Å². The fourth-order valence-electron chi connectivity index (χ4n) is 3.26. The zero-order valence-electron chi connectivity index (χ0n) is 14.4. The number of benzene rings is 1. The summed E-state index contributed by atoms with van der Waals surface area (Å²) in [7, 11) is 1.90. The third kappa shape index (κ3) is 3.96. The standard InChI is InChI=1S/C19H25N3OS/c1-3-7-18-20-17(14-24-18)19(23)21(2)12-15-10-11-22(13-15)16-8-5-4-6-9-16/h4-6,8-9,14-15H,3,7,10-13H2,1-2H3. The molecular formula is C19H25N3OS. The molecule has 1 fully saturated rings. The summed E-state index contributed by atoms with van der Waals surface area (Å²) in [4.78, 5) is 21.3. The minimum atomic E-state index is 0.0479. The molecule has 0 spiro atoms. The van der Waals surface area contributed by atoms with E-state index in [1.54, 1.807) is 11.3 Å². The number of thiazole rings is 1. The van der Waals surface area contributed by atoms with Crippen LogP contribution in [0.1, 0.15) is 35.3 Å². The van der Waals surface area contributed by atoms with E-state index in [-0.39, 0.29) is 5.91 Å². The van der Waals surface area contributed by atoms with E-state index >= 15 is 0 Å². The second kappa shape index (κ2) is 7.79. The number of aryl methyl sites for hydroxylation is 1. The van der Waals surface area contributed by atoms with Crippen molar-refractivity contribution in [3.63, 3.8) is 0 Å². The van der Waals surface area contributed by atoms with Crippen molar-refractivity contribution in [2.24, 2.45) is 5.92 Å². The van der Waals surface area contributed by atoms with Gasteiger partial charge in [0.1, 0.15) is 5.69 Å². The van der Waals surface area contributed by atoms with Gasteiger partial charge in [0, 0.05) is 37.7 Å². The zero-order valence-corrected chi connectivity index (χ0v) is 15.3. The predicted molar refractivity (Wildman–Crippen MR) is 99.8 cm³/mol. The van der Waals surface area contributed by atoms with Crippen LogP contribution in [-0.4, -0.2) is 42.5 Å². The van der Waals surface area contributed by atoms with Crippen LogP contribution >= 0.6 is 11.3 Å². The molecule has 1 aromatic carbocycles. The van der Waals surface area contributed by atoms with E-state index in [1.165, 1.54) is 5.69 Å². The van der Waals surface area contributed by atoms with Gasteiger partial charge in [0.05, 0.1) is 5.01 Å². The first-order valence-corrected chi connectivity index (χ1v) is 9.55. The van der Waals surface area contributed by atoms with E-state index in [0.29, 0.717) is 11.6 Å². The summed E-state index contributed by atoms with van der Waals surface area (Å²) in [6, 6.07) is 10.5. The summed E-state index contributed by atoms with van der Waals surface area (Å²) in [5.74, 6) is 0.569. The van der Waals surface area contributed by atoms with Crippen LogP contribution in [-0.2, 0) is 6.42 Å². The largest absolute Gasteiger partial charge is 0.371 e. The minimum absolute atomic E-state index is 0.0479. The fourth-order valence-corrected chi connectivity index (χ4v) is 4.13. The molecule has 2 aromatic rings. The van der Waals surface area contributed by atoms with E-state index in [9.17, 15) is 4.79 Å². The van der Waals surface area contributed by atoms with Gasteiger partial charge in [-0.25, -0.2) is 4.98 Å². The molecule has 5 heteroatoms. The summed E-state index contributed by atoms with van der Waals surface area (Å²) in [5.41, 5.74) is 1.88. The number of aromatic nitrogens is 1. The van der Waals surface area contributed by atoms with Crippen molar-refractivity contribution in [3.05, 3.63) is 46.4 Å². The van der Waals surface area contributed by atoms with Gasteiger partial charge < -0.3 is 9.80 Å². The van der Waals surface area contributed by atoms with Crippen LogP contribution in [0.3, 0.4) is 0 Å². The van der Waals surface area contributed by atoms with Crippen molar-refractivity contribution in [1.29, 1.82) is 0 Å². The summed E-state index contributed by atoms with van der Waals surface area (Å²) < 4.78 is 0. The number of para-hydroxylation sites is 1. The summed E-state index contributed by atoms with van der Waals surface area (Å²) in [6.45, 7) is 5.00. The maximum Gasteiger partial charge on any atom is 0.273 e. The molecule has 0 radical (unpaired) electrons. The zero-order chi connectivity index (χ0) is 16.9. The van der Waals surface area contributed by atoms with Crippen LogP contribution in [0.4, 0.5) is 5.69 Å². The van der Waals surface area contributed by atoms with E-state index in [4.69, 9.17) is 0 Å². The van der Waals surface area contributed by atoms with Crippen LogP contribution < -0.4 is 4.90 Å². The minimum Gasteiger partial charge on any atom is -0.371 e. The number of hydrogen-bond acceptors (Lipinski definition) is 4. The van der Waals surface area contributed by atoms with E-state index in [0.717, 1.165) is 43.9 Å². The van der Waals surface area contributed by atoms with Gasteiger partial charge in [-0.2, -0.15) is 0 Å². The lowest BCUT2D eigenvalue weighted by Crippen LogP contribution is -2.33. The monoisotopic (exact) mass is 343 g/mol. The molecule has 3 rings (SSSR count). The highest BCUT2D eigenvalue weighted by Gasteiger charge is 2.26. The second-order valence-corrected chi connectivity index (χ2v) is 7.44. The smallest absolute Gasteiger partial charge is 0.273 e. The Morgan fingerprint density at radius 3 is 2.92 bits per heavy atom. The Balaban J connectivity index is 1.55. The fraction of sp³-hybridized carbons (Fsp3) is 0.474. The van der Waals surface area contributed by atoms with Crippen LogP contribution in [0.5, 0.6) is 0 Å². The Hall–Kier alpha value is -1.88. The highest BCUT2D eigenvalue weighted by molar-refractivity contribution is 7.09. The van der Waals surface area contributed by atoms with Gasteiger partial charge in [-0.15, -0.1) is 11.3 Å². The Morgan fingerprint density at radius 1 is 1.38 bits per heavy atom. The predicted octanol–water partition coefficient (Wildman–Crippen LogP) is 3.69. The number of carbonyl (C=O) groups excluding carboxylic acids is 1. The molecule has 1 aromatic heterocycles. The van der Waals surface area contributed by atoms with Gasteiger partial charge in [0.15, 0.2) is 0 Å². The van der Waals surface area contributed by atoms with E-state index < -0.39 is 0 Å². The van der Waals surface area contributed by atoms with Crippen molar-refractivity contribution < 1.29 is 4.79 Å². The molecule has 0 aliphatic carbocycles. The molecule has 1 unspecified atom stereocenters. The van der Waals surface area contributed by atoms with Gasteiger partial charge in [-0.05, 0) is 37.3 Å². The van der Waals surface area contributed by atoms with Crippen LogP contribution in [0.2, 0.25) is 0 Å². The van der Waals surface area contributed by atoms with E-state index in [2.05, 4.69) is 41.1 Å². The Kier molecular flexibility index (Phi) is 5.51. The Bertz CT molecular complexity index is 670. The van der Waals surface area contributed by atoms with Crippen LogP contribution in [0, 0.1) is 5.92 Å². The summed E-state index contributed by atoms with van der Waals surface area (Å²) in [6.07, 6.45) is 3.15. The molecule has 1 saturated heterocycles. The van der Waals surface area contributed by atoms with Gasteiger partial charge in [-0.1, -0.05) is 25.1 Å².